The maximum absolute atomic E-state index is 13.0. The molecule has 0 heterocycles. The highest BCUT2D eigenvalue weighted by molar-refractivity contribution is 6.36. The molecular formula is C16H17Cl2FN2. The van der Waals surface area contributed by atoms with Gasteiger partial charge in [0.15, 0.2) is 0 Å². The Morgan fingerprint density at radius 1 is 1.10 bits per heavy atom. The van der Waals surface area contributed by atoms with E-state index < -0.39 is 0 Å². The van der Waals surface area contributed by atoms with Crippen molar-refractivity contribution < 1.29 is 4.39 Å². The quantitative estimate of drug-likeness (QED) is 0.889. The molecule has 2 rings (SSSR count). The lowest BCUT2D eigenvalue weighted by atomic mass is 10.0. The normalized spacial score (nSPS) is 12.7. The van der Waals surface area contributed by atoms with Crippen LogP contribution in [0.1, 0.15) is 17.2 Å². The summed E-state index contributed by atoms with van der Waals surface area (Å²) in [7, 11) is 1.94. The third kappa shape index (κ3) is 3.95. The van der Waals surface area contributed by atoms with Gasteiger partial charge < -0.3 is 5.73 Å². The molecule has 112 valence electrons. The van der Waals surface area contributed by atoms with Gasteiger partial charge in [0.1, 0.15) is 5.82 Å². The number of benzene rings is 2. The minimum atomic E-state index is -0.245. The van der Waals surface area contributed by atoms with Gasteiger partial charge in [0.2, 0.25) is 0 Å². The fraction of sp³-hybridized carbons (Fsp3) is 0.250. The van der Waals surface area contributed by atoms with E-state index in [2.05, 4.69) is 4.90 Å². The van der Waals surface area contributed by atoms with Crippen molar-refractivity contribution in [2.75, 3.05) is 13.6 Å². The highest BCUT2D eigenvalue weighted by Gasteiger charge is 2.21. The molecule has 0 saturated heterocycles. The van der Waals surface area contributed by atoms with Gasteiger partial charge in [0.25, 0.3) is 0 Å². The second-order valence-corrected chi connectivity index (χ2v) is 5.74. The number of likely N-dealkylation sites (N-methyl/N-ethyl adjacent to an activating group) is 1. The summed E-state index contributed by atoms with van der Waals surface area (Å²) < 4.78 is 13.0. The standard InChI is InChI=1S/C16H17Cl2FN2/c1-21(10-11-5-7-12(19)8-6-11)15(9-20)16-13(17)3-2-4-14(16)18/h2-8,15H,9-10,20H2,1H3. The first-order valence-electron chi connectivity index (χ1n) is 6.61. The third-order valence-corrected chi connectivity index (χ3v) is 4.09. The number of nitrogens with zero attached hydrogens (tertiary/aromatic N) is 1. The molecule has 0 aliphatic carbocycles. The Morgan fingerprint density at radius 3 is 2.19 bits per heavy atom. The van der Waals surface area contributed by atoms with Gasteiger partial charge in [-0.2, -0.15) is 0 Å². The van der Waals surface area contributed by atoms with Crippen LogP contribution in [0.15, 0.2) is 42.5 Å². The average molecular weight is 327 g/mol. The topological polar surface area (TPSA) is 29.3 Å². The Hall–Kier alpha value is -1.13. The average Bonchev–Trinajstić information content (AvgIpc) is 2.45. The molecule has 1 unspecified atom stereocenters. The molecule has 0 spiro atoms. The molecule has 2 aromatic carbocycles. The van der Waals surface area contributed by atoms with Crippen LogP contribution < -0.4 is 5.73 Å². The number of nitrogens with two attached hydrogens (primary N) is 1. The molecule has 5 heteroatoms. The maximum Gasteiger partial charge on any atom is 0.123 e. The highest BCUT2D eigenvalue weighted by atomic mass is 35.5. The van der Waals surface area contributed by atoms with Gasteiger partial charge in [-0.15, -0.1) is 0 Å². The summed E-state index contributed by atoms with van der Waals surface area (Å²) in [5.74, 6) is -0.245. The Balaban J connectivity index is 2.22. The van der Waals surface area contributed by atoms with Crippen LogP contribution >= 0.6 is 23.2 Å². The summed E-state index contributed by atoms with van der Waals surface area (Å²) in [6.45, 7) is 1.02. The van der Waals surface area contributed by atoms with Gasteiger partial charge in [-0.25, -0.2) is 4.39 Å². The minimum absolute atomic E-state index is 0.101. The van der Waals surface area contributed by atoms with E-state index in [0.29, 0.717) is 23.1 Å². The van der Waals surface area contributed by atoms with Gasteiger partial charge in [-0.3, -0.25) is 4.90 Å². The van der Waals surface area contributed by atoms with Gasteiger partial charge in [-0.1, -0.05) is 41.4 Å². The first-order valence-corrected chi connectivity index (χ1v) is 7.37. The van der Waals surface area contributed by atoms with Crippen LogP contribution in [-0.4, -0.2) is 18.5 Å². The monoisotopic (exact) mass is 326 g/mol. The fourth-order valence-corrected chi connectivity index (χ4v) is 2.98. The second kappa shape index (κ2) is 7.23. The van der Waals surface area contributed by atoms with Crippen molar-refractivity contribution in [3.63, 3.8) is 0 Å². The van der Waals surface area contributed by atoms with E-state index in [1.54, 1.807) is 24.3 Å². The molecule has 0 aromatic heterocycles. The smallest absolute Gasteiger partial charge is 0.123 e. The van der Waals surface area contributed by atoms with Crippen molar-refractivity contribution >= 4 is 23.2 Å². The lowest BCUT2D eigenvalue weighted by Crippen LogP contribution is -2.30. The first kappa shape index (κ1) is 16.2. The molecule has 0 radical (unpaired) electrons. The van der Waals surface area contributed by atoms with E-state index in [1.165, 1.54) is 12.1 Å². The molecule has 0 fully saturated rings. The van der Waals surface area contributed by atoms with Gasteiger partial charge in [0, 0.05) is 28.7 Å². The van der Waals surface area contributed by atoms with E-state index in [9.17, 15) is 4.39 Å². The SMILES string of the molecule is CN(Cc1ccc(F)cc1)C(CN)c1c(Cl)cccc1Cl. The summed E-state index contributed by atoms with van der Waals surface area (Å²) in [6.07, 6.45) is 0. The van der Waals surface area contributed by atoms with Crippen molar-refractivity contribution in [3.8, 4) is 0 Å². The number of hydrogen-bond donors (Lipinski definition) is 1. The molecule has 0 amide bonds. The number of rotatable bonds is 5. The molecule has 21 heavy (non-hydrogen) atoms. The lowest BCUT2D eigenvalue weighted by molar-refractivity contribution is 0.242. The molecule has 0 aliphatic rings. The van der Waals surface area contributed by atoms with Crippen LogP contribution in [0.3, 0.4) is 0 Å². The molecule has 2 aromatic rings. The molecule has 0 aliphatic heterocycles. The Morgan fingerprint density at radius 2 is 1.67 bits per heavy atom. The number of hydrogen-bond acceptors (Lipinski definition) is 2. The van der Waals surface area contributed by atoms with Crippen LogP contribution in [0.25, 0.3) is 0 Å². The lowest BCUT2D eigenvalue weighted by Gasteiger charge is -2.28. The van der Waals surface area contributed by atoms with Crippen molar-refractivity contribution in [2.45, 2.75) is 12.6 Å². The largest absolute Gasteiger partial charge is 0.329 e. The van der Waals surface area contributed by atoms with E-state index >= 15 is 0 Å². The Bertz CT molecular complexity index is 581. The molecule has 1 atom stereocenters. The summed E-state index contributed by atoms with van der Waals surface area (Å²) >= 11 is 12.5. The fourth-order valence-electron chi connectivity index (χ4n) is 2.34. The maximum atomic E-state index is 13.0. The highest BCUT2D eigenvalue weighted by Crippen LogP contribution is 2.33. The Labute approximate surface area is 134 Å². The second-order valence-electron chi connectivity index (χ2n) is 4.93. The van der Waals surface area contributed by atoms with Crippen molar-refractivity contribution in [3.05, 3.63) is 69.5 Å². The molecule has 2 nitrogen and oxygen atoms in total. The minimum Gasteiger partial charge on any atom is -0.329 e. The van der Waals surface area contributed by atoms with Crippen LogP contribution in [0.2, 0.25) is 10.0 Å². The van der Waals surface area contributed by atoms with Gasteiger partial charge >= 0.3 is 0 Å². The van der Waals surface area contributed by atoms with E-state index in [-0.39, 0.29) is 11.9 Å². The van der Waals surface area contributed by atoms with Crippen molar-refractivity contribution in [1.82, 2.24) is 4.90 Å². The van der Waals surface area contributed by atoms with Crippen LogP contribution in [0.5, 0.6) is 0 Å². The summed E-state index contributed by atoms with van der Waals surface area (Å²) in [5, 5.41) is 1.20. The van der Waals surface area contributed by atoms with E-state index in [0.717, 1.165) is 11.1 Å². The van der Waals surface area contributed by atoms with Crippen molar-refractivity contribution in [1.29, 1.82) is 0 Å². The van der Waals surface area contributed by atoms with Gasteiger partial charge in [-0.05, 0) is 36.9 Å². The predicted molar refractivity (Wildman–Crippen MR) is 86.1 cm³/mol. The van der Waals surface area contributed by atoms with Crippen LogP contribution in [0.4, 0.5) is 4.39 Å². The molecule has 2 N–H and O–H groups in total. The zero-order chi connectivity index (χ0) is 15.4. The predicted octanol–water partition coefficient (Wildman–Crippen LogP) is 4.26. The number of halogens is 3. The summed E-state index contributed by atoms with van der Waals surface area (Å²) in [6, 6.07) is 11.7. The van der Waals surface area contributed by atoms with Crippen LogP contribution in [0, 0.1) is 5.82 Å². The van der Waals surface area contributed by atoms with Gasteiger partial charge in [0.05, 0.1) is 6.04 Å². The Kier molecular flexibility index (Phi) is 5.59. The first-order chi connectivity index (χ1) is 10.0. The zero-order valence-electron chi connectivity index (χ0n) is 11.7. The molecule has 0 saturated carbocycles. The summed E-state index contributed by atoms with van der Waals surface area (Å²) in [4.78, 5) is 2.06. The van der Waals surface area contributed by atoms with Crippen LogP contribution in [-0.2, 0) is 6.54 Å². The van der Waals surface area contributed by atoms with Crippen molar-refractivity contribution in [2.24, 2.45) is 5.73 Å². The van der Waals surface area contributed by atoms with E-state index in [1.807, 2.05) is 13.1 Å². The van der Waals surface area contributed by atoms with E-state index in [4.69, 9.17) is 28.9 Å². The molecule has 0 bridgehead atoms. The third-order valence-electron chi connectivity index (χ3n) is 3.43. The summed E-state index contributed by atoms with van der Waals surface area (Å²) in [5.41, 5.74) is 7.73. The molecular weight excluding hydrogens is 310 g/mol. The zero-order valence-corrected chi connectivity index (χ0v) is 13.2.